The number of piperidine rings is 1. The molecule has 0 saturated carbocycles. The Morgan fingerprint density at radius 3 is 1.83 bits per heavy atom. The molecule has 1 saturated heterocycles. The molecule has 196 valence electrons. The van der Waals surface area contributed by atoms with E-state index in [9.17, 15) is 19.2 Å². The third kappa shape index (κ3) is 12.4. The number of carboxylic acid groups (broad SMARTS) is 4. The first-order valence-electron chi connectivity index (χ1n) is 11.0. The van der Waals surface area contributed by atoms with Crippen LogP contribution < -0.4 is 0 Å². The summed E-state index contributed by atoms with van der Waals surface area (Å²) in [5.74, 6) is -4.48. The predicted octanol–water partition coefficient (Wildman–Crippen LogP) is 1.99. The fourth-order valence-electron chi connectivity index (χ4n) is 3.26. The van der Waals surface area contributed by atoms with Gasteiger partial charge in [0.25, 0.3) is 0 Å². The SMILES string of the molecule is CN(C)CCN1CCC(c2noc3ccccc23)CC1.O=C(O)/C=C/C(=O)O.O=C(O)/C=C/C(=O)O. The Morgan fingerprint density at radius 2 is 1.39 bits per heavy atom. The fourth-order valence-corrected chi connectivity index (χ4v) is 3.26. The molecular formula is C24H31N3O9. The fraction of sp³-hybridized carbons (Fsp3) is 0.375. The number of aromatic nitrogens is 1. The number of aliphatic carboxylic acids is 4. The van der Waals surface area contributed by atoms with Crippen LogP contribution >= 0.6 is 0 Å². The van der Waals surface area contributed by atoms with Crippen molar-refractivity contribution in [3.8, 4) is 0 Å². The number of nitrogens with zero attached hydrogens (tertiary/aromatic N) is 3. The van der Waals surface area contributed by atoms with Crippen LogP contribution in [0.15, 0.2) is 53.1 Å². The van der Waals surface area contributed by atoms with Crippen LogP contribution in [0, 0.1) is 0 Å². The van der Waals surface area contributed by atoms with E-state index in [0.29, 0.717) is 30.2 Å². The lowest BCUT2D eigenvalue weighted by molar-refractivity contribution is -0.134. The van der Waals surface area contributed by atoms with Gasteiger partial charge in [0.2, 0.25) is 0 Å². The number of carbonyl (C=O) groups is 4. The van der Waals surface area contributed by atoms with Crippen molar-refractivity contribution < 1.29 is 44.1 Å². The first-order valence-corrected chi connectivity index (χ1v) is 11.0. The summed E-state index contributed by atoms with van der Waals surface area (Å²) in [7, 11) is 4.27. The number of para-hydroxylation sites is 1. The van der Waals surface area contributed by atoms with Crippen LogP contribution in [0.5, 0.6) is 0 Å². The molecule has 12 heteroatoms. The largest absolute Gasteiger partial charge is 0.478 e. The number of hydrogen-bond acceptors (Lipinski definition) is 8. The number of benzene rings is 1. The van der Waals surface area contributed by atoms with Crippen molar-refractivity contribution in [3.05, 3.63) is 54.3 Å². The molecule has 0 spiro atoms. The van der Waals surface area contributed by atoms with Crippen LogP contribution in [0.3, 0.4) is 0 Å². The van der Waals surface area contributed by atoms with Crippen molar-refractivity contribution in [2.45, 2.75) is 18.8 Å². The zero-order valence-corrected chi connectivity index (χ0v) is 20.1. The van der Waals surface area contributed by atoms with Gasteiger partial charge in [0.15, 0.2) is 5.58 Å². The zero-order valence-electron chi connectivity index (χ0n) is 20.1. The maximum Gasteiger partial charge on any atom is 0.328 e. The van der Waals surface area contributed by atoms with E-state index in [0.717, 1.165) is 17.8 Å². The first kappa shape index (κ1) is 30.0. The van der Waals surface area contributed by atoms with E-state index in [1.54, 1.807) is 0 Å². The quantitative estimate of drug-likeness (QED) is 0.383. The Kier molecular flexibility index (Phi) is 13.2. The van der Waals surface area contributed by atoms with E-state index < -0.39 is 23.9 Å². The average Bonchev–Trinajstić information content (AvgIpc) is 3.25. The van der Waals surface area contributed by atoms with Crippen LogP contribution in [0.2, 0.25) is 0 Å². The lowest BCUT2D eigenvalue weighted by Gasteiger charge is -2.31. The standard InChI is InChI=1S/C16H23N3O.2C4H4O4/c1-18(2)11-12-19-9-7-13(8-10-19)16-14-5-3-4-6-15(14)20-17-16;2*5-3(6)1-2-4(7)8/h3-6,13H,7-12H2,1-2H3;2*1-2H,(H,5,6)(H,7,8)/b;2*2-1+. The molecule has 1 aliphatic heterocycles. The molecule has 0 bridgehead atoms. The number of likely N-dealkylation sites (N-methyl/N-ethyl adjacent to an activating group) is 1. The van der Waals surface area contributed by atoms with Gasteiger partial charge in [-0.25, -0.2) is 19.2 Å². The average molecular weight is 506 g/mol. The molecule has 0 radical (unpaired) electrons. The number of carboxylic acids is 4. The molecule has 0 aliphatic carbocycles. The molecule has 1 aliphatic rings. The maximum absolute atomic E-state index is 9.55. The smallest absolute Gasteiger partial charge is 0.328 e. The summed E-state index contributed by atoms with van der Waals surface area (Å²) >= 11 is 0. The Morgan fingerprint density at radius 1 is 0.917 bits per heavy atom. The molecule has 3 rings (SSSR count). The highest BCUT2D eigenvalue weighted by Gasteiger charge is 2.24. The van der Waals surface area contributed by atoms with Crippen molar-refractivity contribution in [2.24, 2.45) is 0 Å². The number of likely N-dealkylation sites (tertiary alicyclic amines) is 1. The van der Waals surface area contributed by atoms with Gasteiger partial charge < -0.3 is 34.7 Å². The molecule has 0 atom stereocenters. The van der Waals surface area contributed by atoms with Crippen LogP contribution in [0.25, 0.3) is 11.0 Å². The molecule has 4 N–H and O–H groups in total. The summed E-state index contributed by atoms with van der Waals surface area (Å²) in [6, 6.07) is 8.19. The molecule has 36 heavy (non-hydrogen) atoms. The van der Waals surface area contributed by atoms with E-state index >= 15 is 0 Å². The topological polar surface area (TPSA) is 182 Å². The molecule has 12 nitrogen and oxygen atoms in total. The van der Waals surface area contributed by atoms with Crippen LogP contribution in [-0.2, 0) is 19.2 Å². The second-order valence-electron chi connectivity index (χ2n) is 8.00. The summed E-state index contributed by atoms with van der Waals surface area (Å²) in [6.45, 7) is 4.64. The second-order valence-corrected chi connectivity index (χ2v) is 8.00. The van der Waals surface area contributed by atoms with Crippen molar-refractivity contribution >= 4 is 34.8 Å². The van der Waals surface area contributed by atoms with Crippen molar-refractivity contribution in [1.29, 1.82) is 0 Å². The zero-order chi connectivity index (χ0) is 27.1. The van der Waals surface area contributed by atoms with Gasteiger partial charge in [-0.1, -0.05) is 17.3 Å². The van der Waals surface area contributed by atoms with Gasteiger partial charge in [-0.05, 0) is 52.2 Å². The number of rotatable bonds is 8. The van der Waals surface area contributed by atoms with Crippen molar-refractivity contribution in [3.63, 3.8) is 0 Å². The number of hydrogen-bond donors (Lipinski definition) is 4. The van der Waals surface area contributed by atoms with Gasteiger partial charge >= 0.3 is 23.9 Å². The summed E-state index contributed by atoms with van der Waals surface area (Å²) in [5, 5.41) is 36.8. The Labute approximate surface area is 207 Å². The molecule has 1 fully saturated rings. The third-order valence-corrected chi connectivity index (χ3v) is 4.98. The Bertz CT molecular complexity index is 1000. The maximum atomic E-state index is 9.55. The van der Waals surface area contributed by atoms with Crippen LogP contribution in [0.1, 0.15) is 24.5 Å². The minimum Gasteiger partial charge on any atom is -0.478 e. The van der Waals surface area contributed by atoms with E-state index in [1.165, 1.54) is 37.9 Å². The summed E-state index contributed by atoms with van der Waals surface area (Å²) in [5.41, 5.74) is 2.07. The first-order chi connectivity index (χ1) is 17.0. The van der Waals surface area contributed by atoms with Crippen molar-refractivity contribution in [1.82, 2.24) is 15.0 Å². The monoisotopic (exact) mass is 505 g/mol. The molecule has 2 heterocycles. The van der Waals surface area contributed by atoms with Gasteiger partial charge in [-0.15, -0.1) is 0 Å². The highest BCUT2D eigenvalue weighted by molar-refractivity contribution is 5.90. The van der Waals surface area contributed by atoms with Gasteiger partial charge in [-0.3, -0.25) is 0 Å². The third-order valence-electron chi connectivity index (χ3n) is 4.98. The van der Waals surface area contributed by atoms with Gasteiger partial charge in [-0.2, -0.15) is 0 Å². The molecule has 1 aromatic carbocycles. The minimum atomic E-state index is -1.26. The van der Waals surface area contributed by atoms with Crippen molar-refractivity contribution in [2.75, 3.05) is 40.3 Å². The van der Waals surface area contributed by atoms with Gasteiger partial charge in [0.1, 0.15) is 0 Å². The molecular weight excluding hydrogens is 474 g/mol. The van der Waals surface area contributed by atoms with E-state index in [-0.39, 0.29) is 0 Å². The van der Waals surface area contributed by atoms with Gasteiger partial charge in [0, 0.05) is 48.7 Å². The molecule has 0 amide bonds. The number of fused-ring (bicyclic) bond motifs is 1. The van der Waals surface area contributed by atoms with E-state index in [1.807, 2.05) is 12.1 Å². The van der Waals surface area contributed by atoms with Crippen LogP contribution in [-0.4, -0.2) is 99.5 Å². The molecule has 1 aromatic heterocycles. The summed E-state index contributed by atoms with van der Waals surface area (Å²) in [4.78, 5) is 43.0. The predicted molar refractivity (Wildman–Crippen MR) is 130 cm³/mol. The Hall–Kier alpha value is -4.03. The lowest BCUT2D eigenvalue weighted by Crippen LogP contribution is -2.37. The highest BCUT2D eigenvalue weighted by Crippen LogP contribution is 2.32. The summed E-state index contributed by atoms with van der Waals surface area (Å²) < 4.78 is 5.44. The normalized spacial score (nSPS) is 14.3. The van der Waals surface area contributed by atoms with E-state index in [4.69, 9.17) is 24.9 Å². The molecule has 2 aromatic rings. The van der Waals surface area contributed by atoms with Crippen LogP contribution in [0.4, 0.5) is 0 Å². The summed E-state index contributed by atoms with van der Waals surface area (Å²) in [6.07, 6.45) is 4.60. The minimum absolute atomic E-state index is 0.550. The van der Waals surface area contributed by atoms with Gasteiger partial charge in [0.05, 0.1) is 5.69 Å². The highest BCUT2D eigenvalue weighted by atomic mass is 16.5. The van der Waals surface area contributed by atoms with E-state index in [2.05, 4.69) is 41.2 Å². The lowest BCUT2D eigenvalue weighted by atomic mass is 9.91. The second kappa shape index (κ2) is 15.8. The molecule has 0 unspecified atom stereocenters. The Balaban J connectivity index is 0.000000337.